The van der Waals surface area contributed by atoms with E-state index < -0.39 is 0 Å². The van der Waals surface area contributed by atoms with Gasteiger partial charge in [0.1, 0.15) is 10.8 Å². The number of pyridine rings is 1. The number of nitrogens with one attached hydrogen (secondary N) is 2. The Kier molecular flexibility index (Phi) is 6.45. The maximum Gasteiger partial charge on any atom is 0.262 e. The lowest BCUT2D eigenvalue weighted by molar-refractivity contribution is -0.116. The number of fused-ring (bicyclic) bond motifs is 1. The molecule has 2 amide bonds. The molecule has 2 N–H and O–H groups in total. The normalized spacial score (nSPS) is 10.7. The molecule has 2 aromatic heterocycles. The number of amides is 2. The van der Waals surface area contributed by atoms with Gasteiger partial charge in [-0.15, -0.1) is 10.2 Å². The zero-order valence-electron chi connectivity index (χ0n) is 18.0. The lowest BCUT2D eigenvalue weighted by atomic mass is 10.1. The molecule has 4 aromatic rings. The summed E-state index contributed by atoms with van der Waals surface area (Å²) in [5, 5.41) is 15.2. The van der Waals surface area contributed by atoms with Crippen molar-refractivity contribution in [1.29, 1.82) is 0 Å². The molecule has 0 atom stereocenters. The average Bonchev–Trinajstić information content (AvgIpc) is 3.23. The number of hydrogen-bond donors (Lipinski definition) is 2. The van der Waals surface area contributed by atoms with Crippen molar-refractivity contribution in [2.45, 2.75) is 13.3 Å². The summed E-state index contributed by atoms with van der Waals surface area (Å²) in [6, 6.07) is 14.0. The monoisotopic (exact) mass is 463 g/mol. The van der Waals surface area contributed by atoms with E-state index >= 15 is 0 Å². The van der Waals surface area contributed by atoms with E-state index in [1.807, 2.05) is 0 Å². The first kappa shape index (κ1) is 22.2. The predicted octanol–water partition coefficient (Wildman–Crippen LogP) is 2.92. The number of benzene rings is 2. The van der Waals surface area contributed by atoms with Crippen molar-refractivity contribution >= 4 is 39.1 Å². The first-order chi connectivity index (χ1) is 16.0. The highest BCUT2D eigenvalue weighted by molar-refractivity contribution is 7.15. The van der Waals surface area contributed by atoms with Gasteiger partial charge in [0.2, 0.25) is 11.0 Å². The van der Waals surface area contributed by atoms with Crippen molar-refractivity contribution in [3.63, 3.8) is 0 Å². The van der Waals surface area contributed by atoms with Crippen molar-refractivity contribution in [2.75, 3.05) is 19.0 Å². The van der Waals surface area contributed by atoms with Gasteiger partial charge in [0.25, 0.3) is 11.5 Å². The molecule has 168 valence electrons. The molecule has 33 heavy (non-hydrogen) atoms. The van der Waals surface area contributed by atoms with Gasteiger partial charge in [-0.2, -0.15) is 0 Å². The topological polar surface area (TPSA) is 115 Å². The van der Waals surface area contributed by atoms with Crippen molar-refractivity contribution in [2.24, 2.45) is 0 Å². The third-order valence-electron chi connectivity index (χ3n) is 4.91. The Balaban J connectivity index is 1.57. The number of rotatable bonds is 7. The smallest absolute Gasteiger partial charge is 0.262 e. The van der Waals surface area contributed by atoms with Gasteiger partial charge in [-0.25, -0.2) is 0 Å². The zero-order valence-corrected chi connectivity index (χ0v) is 18.8. The van der Waals surface area contributed by atoms with Crippen molar-refractivity contribution < 1.29 is 14.3 Å². The van der Waals surface area contributed by atoms with E-state index in [2.05, 4.69) is 20.8 Å². The highest BCUT2D eigenvalue weighted by Gasteiger charge is 2.16. The fraction of sp³-hybridized carbons (Fsp3) is 0.174. The predicted molar refractivity (Wildman–Crippen MR) is 126 cm³/mol. The summed E-state index contributed by atoms with van der Waals surface area (Å²) in [5.74, 6) is -0.0738. The number of methoxy groups -OCH3 is 1. The second-order valence-electron chi connectivity index (χ2n) is 7.15. The van der Waals surface area contributed by atoms with Crippen LogP contribution in [0.1, 0.15) is 21.8 Å². The molecule has 0 radical (unpaired) electrons. The van der Waals surface area contributed by atoms with Gasteiger partial charge in [0, 0.05) is 36.0 Å². The molecular weight excluding hydrogens is 442 g/mol. The zero-order chi connectivity index (χ0) is 23.4. The van der Waals surface area contributed by atoms with Gasteiger partial charge in [0.15, 0.2) is 0 Å². The van der Waals surface area contributed by atoms with Crippen LogP contribution in [-0.4, -0.2) is 40.2 Å². The molecule has 10 heteroatoms. The van der Waals surface area contributed by atoms with E-state index in [1.165, 1.54) is 22.1 Å². The largest absolute Gasteiger partial charge is 0.497 e. The van der Waals surface area contributed by atoms with E-state index in [0.717, 1.165) is 5.01 Å². The summed E-state index contributed by atoms with van der Waals surface area (Å²) >= 11 is 1.27. The van der Waals surface area contributed by atoms with E-state index in [9.17, 15) is 14.4 Å². The van der Waals surface area contributed by atoms with Crippen LogP contribution in [0, 0.1) is 6.92 Å². The molecule has 4 rings (SSSR count). The Morgan fingerprint density at radius 1 is 1.09 bits per heavy atom. The van der Waals surface area contributed by atoms with Crippen LogP contribution in [-0.2, 0) is 4.79 Å². The van der Waals surface area contributed by atoms with Crippen molar-refractivity contribution in [3.05, 3.63) is 75.7 Å². The van der Waals surface area contributed by atoms with Crippen LogP contribution in [0.2, 0.25) is 0 Å². The average molecular weight is 464 g/mol. The SMILES string of the molecule is COc1cccc(-n2cc(C(=O)NCCC(=O)Nc3nnc(C)s3)c3ccccc3c2=O)c1. The molecule has 0 bridgehead atoms. The van der Waals surface area contributed by atoms with Crippen LogP contribution in [0.5, 0.6) is 5.75 Å². The van der Waals surface area contributed by atoms with Crippen molar-refractivity contribution in [1.82, 2.24) is 20.1 Å². The van der Waals surface area contributed by atoms with Crippen LogP contribution in [0.3, 0.4) is 0 Å². The molecule has 0 fully saturated rings. The Labute approximate surface area is 193 Å². The third-order valence-corrected chi connectivity index (χ3v) is 5.66. The molecule has 0 saturated carbocycles. The first-order valence-corrected chi connectivity index (χ1v) is 10.9. The molecule has 0 aliphatic heterocycles. The molecule has 0 aliphatic carbocycles. The Hall–Kier alpha value is -4.05. The second-order valence-corrected chi connectivity index (χ2v) is 8.33. The van der Waals surface area contributed by atoms with Crippen LogP contribution in [0.15, 0.2) is 59.5 Å². The molecular formula is C23H21N5O4S. The number of aromatic nitrogens is 3. The highest BCUT2D eigenvalue weighted by atomic mass is 32.1. The van der Waals surface area contributed by atoms with E-state index in [-0.39, 0.29) is 30.3 Å². The van der Waals surface area contributed by atoms with Crippen LogP contribution >= 0.6 is 11.3 Å². The fourth-order valence-corrected chi connectivity index (χ4v) is 3.95. The lowest BCUT2D eigenvalue weighted by Gasteiger charge is -2.13. The third kappa shape index (κ3) is 4.90. The minimum Gasteiger partial charge on any atom is -0.497 e. The van der Waals surface area contributed by atoms with Gasteiger partial charge >= 0.3 is 0 Å². The van der Waals surface area contributed by atoms with E-state index in [4.69, 9.17) is 4.74 Å². The summed E-state index contributed by atoms with van der Waals surface area (Å²) in [5.41, 5.74) is 0.654. The number of anilines is 1. The Bertz CT molecular complexity index is 1400. The summed E-state index contributed by atoms with van der Waals surface area (Å²) < 4.78 is 6.68. The van der Waals surface area contributed by atoms with E-state index in [1.54, 1.807) is 62.6 Å². The number of carbonyl (C=O) groups excluding carboxylic acids is 2. The van der Waals surface area contributed by atoms with Crippen LogP contribution < -0.4 is 20.9 Å². The quantitative estimate of drug-likeness (QED) is 0.436. The minimum atomic E-state index is -0.387. The Morgan fingerprint density at radius 2 is 1.88 bits per heavy atom. The van der Waals surface area contributed by atoms with Gasteiger partial charge in [0.05, 0.1) is 18.4 Å². The number of nitrogens with zero attached hydrogens (tertiary/aromatic N) is 3. The van der Waals surface area contributed by atoms with Gasteiger partial charge in [-0.1, -0.05) is 35.6 Å². The van der Waals surface area contributed by atoms with Crippen molar-refractivity contribution in [3.8, 4) is 11.4 Å². The summed E-state index contributed by atoms with van der Waals surface area (Å²) in [4.78, 5) is 38.2. The maximum atomic E-state index is 13.1. The number of ether oxygens (including phenoxy) is 1. The van der Waals surface area contributed by atoms with Crippen LogP contribution in [0.25, 0.3) is 16.5 Å². The van der Waals surface area contributed by atoms with Gasteiger partial charge in [-0.3, -0.25) is 19.0 Å². The second kappa shape index (κ2) is 9.61. The lowest BCUT2D eigenvalue weighted by Crippen LogP contribution is -2.29. The molecule has 0 unspecified atom stereocenters. The minimum absolute atomic E-state index is 0.0673. The number of aryl methyl sites for hydroxylation is 1. The highest BCUT2D eigenvalue weighted by Crippen LogP contribution is 2.20. The van der Waals surface area contributed by atoms with Gasteiger partial charge in [-0.05, 0) is 25.1 Å². The molecule has 2 heterocycles. The molecule has 9 nitrogen and oxygen atoms in total. The summed E-state index contributed by atoms with van der Waals surface area (Å²) in [6.45, 7) is 1.91. The number of hydrogen-bond acceptors (Lipinski definition) is 7. The van der Waals surface area contributed by atoms with E-state index in [0.29, 0.717) is 32.9 Å². The van der Waals surface area contributed by atoms with Crippen LogP contribution in [0.4, 0.5) is 5.13 Å². The standard InChI is InChI=1S/C23H21N5O4S/c1-14-26-27-23(33-14)25-20(29)10-11-24-21(30)19-13-28(15-6-5-7-16(12-15)32-2)22(31)18-9-4-3-8-17(18)19/h3-9,12-13H,10-11H2,1-2H3,(H,24,30)(H,25,27,29). The molecule has 2 aromatic carbocycles. The maximum absolute atomic E-state index is 13.1. The summed E-state index contributed by atoms with van der Waals surface area (Å²) in [6.07, 6.45) is 1.58. The molecule has 0 aliphatic rings. The molecule has 0 spiro atoms. The molecule has 0 saturated heterocycles. The number of carbonyl (C=O) groups is 2. The Morgan fingerprint density at radius 3 is 2.61 bits per heavy atom. The summed E-state index contributed by atoms with van der Waals surface area (Å²) in [7, 11) is 1.55. The first-order valence-electron chi connectivity index (χ1n) is 10.1. The van der Waals surface area contributed by atoms with Gasteiger partial charge < -0.3 is 15.4 Å². The fourth-order valence-electron chi connectivity index (χ4n) is 3.34.